The predicted octanol–water partition coefficient (Wildman–Crippen LogP) is 3.18. The highest BCUT2D eigenvalue weighted by Gasteiger charge is 2.20. The minimum absolute atomic E-state index is 0.143. The summed E-state index contributed by atoms with van der Waals surface area (Å²) in [5.74, 6) is -0.181. The summed E-state index contributed by atoms with van der Waals surface area (Å²) in [4.78, 5) is 18.6. The molecule has 3 rings (SSSR count). The number of aromatic nitrogens is 1. The summed E-state index contributed by atoms with van der Waals surface area (Å²) in [6.07, 6.45) is 0. The lowest BCUT2D eigenvalue weighted by atomic mass is 10.0. The van der Waals surface area contributed by atoms with Gasteiger partial charge in [0.1, 0.15) is 10.6 Å². The molecule has 9 heteroatoms. The molecule has 1 heterocycles. The van der Waals surface area contributed by atoms with E-state index in [9.17, 15) is 17.8 Å². The monoisotopic (exact) mass is 433 g/mol. The Balaban J connectivity index is 1.96. The summed E-state index contributed by atoms with van der Waals surface area (Å²) in [6, 6.07) is 10.3. The number of hydrogen-bond acceptors (Lipinski definition) is 6. The van der Waals surface area contributed by atoms with Crippen molar-refractivity contribution in [1.82, 2.24) is 15.2 Å². The van der Waals surface area contributed by atoms with Crippen molar-refractivity contribution in [3.8, 4) is 0 Å². The molecule has 1 amide bonds. The SMILES string of the molecule is CC(C)NCCN(Cc1cccc2c(S(=O)(=O)O)cccc12)C(=O)c1cscn1. The molecule has 2 N–H and O–H groups in total. The largest absolute Gasteiger partial charge is 0.332 e. The standard InChI is InChI=1S/C20H23N3O4S2/c1-14(2)21-9-10-23(20(24)18-12-28-13-22-18)11-15-5-3-7-17-16(15)6-4-8-19(17)29(25,26)27/h3-8,12-14,21H,9-11H2,1-2H3,(H,25,26,27). The number of benzene rings is 2. The quantitative estimate of drug-likeness (QED) is 0.529. The Bertz CT molecular complexity index is 1100. The summed E-state index contributed by atoms with van der Waals surface area (Å²) in [6.45, 7) is 5.46. The van der Waals surface area contributed by atoms with Crippen LogP contribution in [0.2, 0.25) is 0 Å². The first-order valence-corrected chi connectivity index (χ1v) is 11.5. The van der Waals surface area contributed by atoms with Crippen LogP contribution in [0, 0.1) is 0 Å². The van der Waals surface area contributed by atoms with Crippen LogP contribution in [0.15, 0.2) is 52.2 Å². The van der Waals surface area contributed by atoms with Gasteiger partial charge in [-0.25, -0.2) is 4.98 Å². The lowest BCUT2D eigenvalue weighted by Gasteiger charge is -2.24. The second-order valence-electron chi connectivity index (χ2n) is 6.95. The Morgan fingerprint density at radius 3 is 2.59 bits per heavy atom. The Labute approximate surface area is 174 Å². The van der Waals surface area contributed by atoms with Crippen molar-refractivity contribution in [1.29, 1.82) is 0 Å². The van der Waals surface area contributed by atoms with Gasteiger partial charge in [-0.2, -0.15) is 8.42 Å². The van der Waals surface area contributed by atoms with Crippen LogP contribution >= 0.6 is 11.3 Å². The number of thiazole rings is 1. The highest BCUT2D eigenvalue weighted by Crippen LogP contribution is 2.27. The van der Waals surface area contributed by atoms with Gasteiger partial charge in [-0.05, 0) is 17.0 Å². The maximum Gasteiger partial charge on any atom is 0.295 e. The van der Waals surface area contributed by atoms with Crippen molar-refractivity contribution < 1.29 is 17.8 Å². The van der Waals surface area contributed by atoms with Gasteiger partial charge < -0.3 is 10.2 Å². The Morgan fingerprint density at radius 2 is 1.93 bits per heavy atom. The van der Waals surface area contributed by atoms with Crippen molar-refractivity contribution in [2.75, 3.05) is 13.1 Å². The molecule has 0 radical (unpaired) electrons. The minimum atomic E-state index is -4.35. The maximum absolute atomic E-state index is 13.0. The smallest absolute Gasteiger partial charge is 0.295 e. The van der Waals surface area contributed by atoms with Gasteiger partial charge in [0.25, 0.3) is 16.0 Å². The molecule has 0 aliphatic rings. The van der Waals surface area contributed by atoms with Gasteiger partial charge in [0.05, 0.1) is 5.51 Å². The predicted molar refractivity (Wildman–Crippen MR) is 114 cm³/mol. The van der Waals surface area contributed by atoms with Gasteiger partial charge in [0.2, 0.25) is 0 Å². The third-order valence-electron chi connectivity index (χ3n) is 4.48. The Morgan fingerprint density at radius 1 is 1.21 bits per heavy atom. The number of carbonyl (C=O) groups is 1. The fourth-order valence-corrected chi connectivity index (χ4v) is 4.37. The second-order valence-corrected chi connectivity index (χ2v) is 9.06. The molecular formula is C20H23N3O4S2. The molecule has 2 aromatic carbocycles. The van der Waals surface area contributed by atoms with Crippen molar-refractivity contribution in [2.24, 2.45) is 0 Å². The topological polar surface area (TPSA) is 99.6 Å². The normalized spacial score (nSPS) is 11.9. The van der Waals surface area contributed by atoms with E-state index in [-0.39, 0.29) is 10.8 Å². The van der Waals surface area contributed by atoms with E-state index in [4.69, 9.17) is 0 Å². The molecule has 29 heavy (non-hydrogen) atoms. The molecule has 0 saturated carbocycles. The first-order chi connectivity index (χ1) is 13.8. The van der Waals surface area contributed by atoms with E-state index in [2.05, 4.69) is 10.3 Å². The van der Waals surface area contributed by atoms with Gasteiger partial charge in [-0.1, -0.05) is 44.2 Å². The Kier molecular flexibility index (Phi) is 6.63. The molecule has 0 saturated heterocycles. The van der Waals surface area contributed by atoms with Crippen molar-refractivity contribution in [2.45, 2.75) is 31.3 Å². The third-order valence-corrected chi connectivity index (χ3v) is 5.98. The molecule has 154 valence electrons. The van der Waals surface area contributed by atoms with E-state index in [1.807, 2.05) is 19.9 Å². The fraction of sp³-hybridized carbons (Fsp3) is 0.300. The average Bonchev–Trinajstić information content (AvgIpc) is 3.20. The van der Waals surface area contributed by atoms with Gasteiger partial charge in [0.15, 0.2) is 0 Å². The lowest BCUT2D eigenvalue weighted by Crippen LogP contribution is -2.38. The fourth-order valence-electron chi connectivity index (χ4n) is 3.14. The number of nitrogens with one attached hydrogen (secondary N) is 1. The zero-order valence-electron chi connectivity index (χ0n) is 16.2. The molecule has 7 nitrogen and oxygen atoms in total. The molecule has 0 fully saturated rings. The van der Waals surface area contributed by atoms with E-state index in [1.54, 1.807) is 40.1 Å². The number of carbonyl (C=O) groups excluding carboxylic acids is 1. The molecular weight excluding hydrogens is 410 g/mol. The maximum atomic E-state index is 13.0. The van der Waals surface area contributed by atoms with Gasteiger partial charge in [-0.3, -0.25) is 9.35 Å². The molecule has 0 bridgehead atoms. The summed E-state index contributed by atoms with van der Waals surface area (Å²) >= 11 is 1.36. The zero-order chi connectivity index (χ0) is 21.0. The van der Waals surface area contributed by atoms with Crippen LogP contribution in [0.5, 0.6) is 0 Å². The number of amides is 1. The number of fused-ring (bicyclic) bond motifs is 1. The van der Waals surface area contributed by atoms with Crippen molar-refractivity contribution in [3.63, 3.8) is 0 Å². The molecule has 0 aliphatic carbocycles. The lowest BCUT2D eigenvalue weighted by molar-refractivity contribution is 0.0739. The highest BCUT2D eigenvalue weighted by atomic mass is 32.2. The van der Waals surface area contributed by atoms with Crippen LogP contribution in [-0.4, -0.2) is 47.9 Å². The van der Waals surface area contributed by atoms with E-state index < -0.39 is 10.1 Å². The van der Waals surface area contributed by atoms with E-state index in [0.717, 1.165) is 5.56 Å². The molecule has 0 spiro atoms. The van der Waals surface area contributed by atoms with Crippen molar-refractivity contribution in [3.05, 3.63) is 58.5 Å². The summed E-state index contributed by atoms with van der Waals surface area (Å²) in [5, 5.41) is 6.12. The number of hydrogen-bond donors (Lipinski definition) is 2. The summed E-state index contributed by atoms with van der Waals surface area (Å²) < 4.78 is 33.0. The van der Waals surface area contributed by atoms with Gasteiger partial charge >= 0.3 is 0 Å². The summed E-state index contributed by atoms with van der Waals surface area (Å²) in [7, 11) is -4.35. The number of nitrogens with zero attached hydrogens (tertiary/aromatic N) is 2. The average molecular weight is 434 g/mol. The third kappa shape index (κ3) is 5.18. The highest BCUT2D eigenvalue weighted by molar-refractivity contribution is 7.86. The first-order valence-electron chi connectivity index (χ1n) is 9.16. The summed E-state index contributed by atoms with van der Waals surface area (Å²) in [5.41, 5.74) is 2.80. The molecule has 0 unspecified atom stereocenters. The van der Waals surface area contributed by atoms with Crippen LogP contribution in [0.4, 0.5) is 0 Å². The minimum Gasteiger partial charge on any atom is -0.332 e. The van der Waals surface area contributed by atoms with Crippen LogP contribution < -0.4 is 5.32 Å². The van der Waals surface area contributed by atoms with Crippen LogP contribution in [0.25, 0.3) is 10.8 Å². The van der Waals surface area contributed by atoms with E-state index in [1.165, 1.54) is 17.4 Å². The van der Waals surface area contributed by atoms with Crippen LogP contribution in [0.3, 0.4) is 0 Å². The molecule has 1 aromatic heterocycles. The molecule has 0 atom stereocenters. The zero-order valence-corrected chi connectivity index (χ0v) is 17.8. The van der Waals surface area contributed by atoms with E-state index in [0.29, 0.717) is 42.1 Å². The van der Waals surface area contributed by atoms with Crippen molar-refractivity contribution >= 4 is 38.1 Å². The first kappa shape index (κ1) is 21.4. The number of rotatable bonds is 8. The van der Waals surface area contributed by atoms with Gasteiger partial charge in [0, 0.05) is 36.4 Å². The Hall–Kier alpha value is -2.33. The van der Waals surface area contributed by atoms with Gasteiger partial charge in [-0.15, -0.1) is 11.3 Å². The van der Waals surface area contributed by atoms with E-state index >= 15 is 0 Å². The van der Waals surface area contributed by atoms with Crippen LogP contribution in [0.1, 0.15) is 29.9 Å². The second kappa shape index (κ2) is 9.00. The molecule has 3 aromatic rings. The molecule has 0 aliphatic heterocycles. The van der Waals surface area contributed by atoms with Crippen LogP contribution in [-0.2, 0) is 16.7 Å².